The largest absolute Gasteiger partial charge is 0.484 e. The SMILES string of the molecule is CC(=O)NNC(=O)COc1ccc(-c2ccccc2)cc1. The summed E-state index contributed by atoms with van der Waals surface area (Å²) < 4.78 is 5.33. The van der Waals surface area contributed by atoms with Crippen molar-refractivity contribution in [3.8, 4) is 16.9 Å². The summed E-state index contributed by atoms with van der Waals surface area (Å²) in [6.45, 7) is 1.15. The van der Waals surface area contributed by atoms with E-state index in [-0.39, 0.29) is 12.5 Å². The zero-order valence-corrected chi connectivity index (χ0v) is 11.6. The van der Waals surface area contributed by atoms with Crippen LogP contribution in [-0.4, -0.2) is 18.4 Å². The average Bonchev–Trinajstić information content (AvgIpc) is 2.52. The van der Waals surface area contributed by atoms with E-state index in [0.717, 1.165) is 11.1 Å². The van der Waals surface area contributed by atoms with E-state index < -0.39 is 5.91 Å². The molecule has 5 heteroatoms. The molecule has 0 fully saturated rings. The Labute approximate surface area is 122 Å². The number of hydrogen-bond acceptors (Lipinski definition) is 3. The smallest absolute Gasteiger partial charge is 0.276 e. The maximum atomic E-state index is 11.4. The van der Waals surface area contributed by atoms with Gasteiger partial charge in [-0.1, -0.05) is 42.5 Å². The van der Waals surface area contributed by atoms with Crippen LogP contribution >= 0.6 is 0 Å². The zero-order chi connectivity index (χ0) is 15.1. The van der Waals surface area contributed by atoms with Gasteiger partial charge in [0.1, 0.15) is 5.75 Å². The van der Waals surface area contributed by atoms with Crippen molar-refractivity contribution < 1.29 is 14.3 Å². The standard InChI is InChI=1S/C16H16N2O3/c1-12(19)17-18-16(20)11-21-15-9-7-14(8-10-15)13-5-3-2-4-6-13/h2-10H,11H2,1H3,(H,17,19)(H,18,20). The molecule has 0 saturated heterocycles. The number of benzene rings is 2. The molecule has 2 N–H and O–H groups in total. The van der Waals surface area contributed by atoms with Crippen molar-refractivity contribution in [3.63, 3.8) is 0 Å². The second-order valence-corrected chi connectivity index (χ2v) is 4.41. The molecule has 0 saturated carbocycles. The number of nitrogens with one attached hydrogen (secondary N) is 2. The third-order valence-corrected chi connectivity index (χ3v) is 2.71. The van der Waals surface area contributed by atoms with Gasteiger partial charge in [0.15, 0.2) is 6.61 Å². The van der Waals surface area contributed by atoms with Crippen LogP contribution in [0.5, 0.6) is 5.75 Å². The molecule has 5 nitrogen and oxygen atoms in total. The number of carbonyl (C=O) groups excluding carboxylic acids is 2. The van der Waals surface area contributed by atoms with Crippen LogP contribution in [0.15, 0.2) is 54.6 Å². The second kappa shape index (κ2) is 7.09. The minimum absolute atomic E-state index is 0.162. The minimum Gasteiger partial charge on any atom is -0.484 e. The first-order valence-corrected chi connectivity index (χ1v) is 6.49. The van der Waals surface area contributed by atoms with Crippen LogP contribution in [0.2, 0.25) is 0 Å². The van der Waals surface area contributed by atoms with Gasteiger partial charge in [0.2, 0.25) is 5.91 Å². The highest BCUT2D eigenvalue weighted by atomic mass is 16.5. The van der Waals surface area contributed by atoms with Crippen molar-refractivity contribution in [1.82, 2.24) is 10.9 Å². The Balaban J connectivity index is 1.88. The van der Waals surface area contributed by atoms with Crippen LogP contribution in [0.1, 0.15) is 6.92 Å². The molecule has 108 valence electrons. The summed E-state index contributed by atoms with van der Waals surface area (Å²) in [5.41, 5.74) is 6.61. The number of amides is 2. The molecule has 0 unspecified atom stereocenters. The van der Waals surface area contributed by atoms with Crippen molar-refractivity contribution in [2.45, 2.75) is 6.92 Å². The first-order valence-electron chi connectivity index (χ1n) is 6.49. The van der Waals surface area contributed by atoms with Gasteiger partial charge in [-0.3, -0.25) is 20.4 Å². The molecule has 2 aromatic carbocycles. The van der Waals surface area contributed by atoms with E-state index in [9.17, 15) is 9.59 Å². The summed E-state index contributed by atoms with van der Waals surface area (Å²) in [4.78, 5) is 22.0. The van der Waals surface area contributed by atoms with Gasteiger partial charge in [0.25, 0.3) is 5.91 Å². The molecular formula is C16H16N2O3. The van der Waals surface area contributed by atoms with E-state index in [1.165, 1.54) is 6.92 Å². The van der Waals surface area contributed by atoms with Crippen molar-refractivity contribution >= 4 is 11.8 Å². The first-order chi connectivity index (χ1) is 10.1. The summed E-state index contributed by atoms with van der Waals surface area (Å²) in [5, 5.41) is 0. The molecule has 2 rings (SSSR count). The van der Waals surface area contributed by atoms with Crippen molar-refractivity contribution in [1.29, 1.82) is 0 Å². The molecule has 0 aliphatic carbocycles. The molecule has 0 heterocycles. The van der Waals surface area contributed by atoms with Gasteiger partial charge in [-0.15, -0.1) is 0 Å². The van der Waals surface area contributed by atoms with Crippen LogP contribution in [0.25, 0.3) is 11.1 Å². The molecular weight excluding hydrogens is 268 g/mol. The van der Waals surface area contributed by atoms with E-state index in [1.54, 1.807) is 12.1 Å². The van der Waals surface area contributed by atoms with Crippen molar-refractivity contribution in [2.75, 3.05) is 6.61 Å². The van der Waals surface area contributed by atoms with Crippen LogP contribution in [0, 0.1) is 0 Å². The van der Waals surface area contributed by atoms with Crippen LogP contribution in [0.4, 0.5) is 0 Å². The molecule has 0 spiro atoms. The third-order valence-electron chi connectivity index (χ3n) is 2.71. The fourth-order valence-corrected chi connectivity index (χ4v) is 1.72. The normalized spacial score (nSPS) is 9.76. The molecule has 21 heavy (non-hydrogen) atoms. The van der Waals surface area contributed by atoms with Gasteiger partial charge in [0.05, 0.1) is 0 Å². The molecule has 0 aliphatic rings. The van der Waals surface area contributed by atoms with E-state index >= 15 is 0 Å². The Morgan fingerprint density at radius 3 is 2.14 bits per heavy atom. The maximum absolute atomic E-state index is 11.4. The molecule has 0 atom stereocenters. The van der Waals surface area contributed by atoms with Gasteiger partial charge in [-0.25, -0.2) is 0 Å². The highest BCUT2D eigenvalue weighted by Gasteiger charge is 2.03. The number of hydrazine groups is 1. The van der Waals surface area contributed by atoms with Gasteiger partial charge in [-0.2, -0.15) is 0 Å². The number of ether oxygens (including phenoxy) is 1. The van der Waals surface area contributed by atoms with Crippen LogP contribution < -0.4 is 15.6 Å². The lowest BCUT2D eigenvalue weighted by Crippen LogP contribution is -2.42. The van der Waals surface area contributed by atoms with E-state index in [0.29, 0.717) is 5.75 Å². The zero-order valence-electron chi connectivity index (χ0n) is 11.6. The van der Waals surface area contributed by atoms with Crippen molar-refractivity contribution in [3.05, 3.63) is 54.6 Å². The fraction of sp³-hybridized carbons (Fsp3) is 0.125. The Bertz CT molecular complexity index is 609. The molecule has 0 bridgehead atoms. The van der Waals surface area contributed by atoms with Gasteiger partial charge < -0.3 is 4.74 Å². The van der Waals surface area contributed by atoms with Gasteiger partial charge >= 0.3 is 0 Å². The highest BCUT2D eigenvalue weighted by Crippen LogP contribution is 2.21. The maximum Gasteiger partial charge on any atom is 0.276 e. The molecule has 0 aromatic heterocycles. The number of carbonyl (C=O) groups is 2. The van der Waals surface area contributed by atoms with Crippen molar-refractivity contribution in [2.24, 2.45) is 0 Å². The van der Waals surface area contributed by atoms with Crippen LogP contribution in [0.3, 0.4) is 0 Å². The Kier molecular flexibility index (Phi) is 4.93. The Morgan fingerprint density at radius 2 is 1.52 bits per heavy atom. The number of hydrogen-bond donors (Lipinski definition) is 2. The minimum atomic E-state index is -0.419. The summed E-state index contributed by atoms with van der Waals surface area (Å²) in [6.07, 6.45) is 0. The molecule has 2 amide bonds. The predicted octanol–water partition coefficient (Wildman–Crippen LogP) is 1.90. The monoisotopic (exact) mass is 284 g/mol. The lowest BCUT2D eigenvalue weighted by atomic mass is 10.1. The molecule has 0 radical (unpaired) electrons. The van der Waals surface area contributed by atoms with Gasteiger partial charge in [-0.05, 0) is 23.3 Å². The predicted molar refractivity (Wildman–Crippen MR) is 79.3 cm³/mol. The Morgan fingerprint density at radius 1 is 0.905 bits per heavy atom. The van der Waals surface area contributed by atoms with E-state index in [2.05, 4.69) is 10.9 Å². The molecule has 2 aromatic rings. The second-order valence-electron chi connectivity index (χ2n) is 4.41. The average molecular weight is 284 g/mol. The highest BCUT2D eigenvalue weighted by molar-refractivity contribution is 5.81. The Hall–Kier alpha value is -2.82. The summed E-state index contributed by atoms with van der Waals surface area (Å²) in [7, 11) is 0. The fourth-order valence-electron chi connectivity index (χ4n) is 1.72. The summed E-state index contributed by atoms with van der Waals surface area (Å²) >= 11 is 0. The van der Waals surface area contributed by atoms with E-state index in [1.807, 2.05) is 42.5 Å². The molecule has 0 aliphatic heterocycles. The lowest BCUT2D eigenvalue weighted by Gasteiger charge is -2.08. The topological polar surface area (TPSA) is 67.4 Å². The summed E-state index contributed by atoms with van der Waals surface area (Å²) in [5.74, 6) is -0.166. The third kappa shape index (κ3) is 4.65. The summed E-state index contributed by atoms with van der Waals surface area (Å²) in [6, 6.07) is 17.4. The van der Waals surface area contributed by atoms with Crippen LogP contribution in [-0.2, 0) is 9.59 Å². The first kappa shape index (κ1) is 14.6. The lowest BCUT2D eigenvalue weighted by molar-refractivity contribution is -0.129. The quantitative estimate of drug-likeness (QED) is 0.843. The van der Waals surface area contributed by atoms with Gasteiger partial charge in [0, 0.05) is 6.92 Å². The van der Waals surface area contributed by atoms with E-state index in [4.69, 9.17) is 4.74 Å². The number of rotatable bonds is 4.